The molecular formula is C22H17BrCl2N2O3. The zero-order valence-corrected chi connectivity index (χ0v) is 19.0. The maximum Gasteiger partial charge on any atom is 0.275 e. The molecule has 5 nitrogen and oxygen atoms in total. The molecule has 1 N–H and O–H groups in total. The third-order valence-electron chi connectivity index (χ3n) is 4.06. The van der Waals surface area contributed by atoms with E-state index in [1.54, 1.807) is 48.5 Å². The van der Waals surface area contributed by atoms with Crippen LogP contribution in [0, 0.1) is 0 Å². The first kappa shape index (κ1) is 22.2. The zero-order valence-electron chi connectivity index (χ0n) is 15.9. The van der Waals surface area contributed by atoms with Crippen molar-refractivity contribution in [2.24, 2.45) is 5.10 Å². The largest absolute Gasteiger partial charge is 0.496 e. The van der Waals surface area contributed by atoms with Gasteiger partial charge in [-0.3, -0.25) is 4.79 Å². The predicted octanol–water partition coefficient (Wildman–Crippen LogP) is 6.11. The number of benzene rings is 3. The van der Waals surface area contributed by atoms with Crippen molar-refractivity contribution < 1.29 is 14.3 Å². The summed E-state index contributed by atoms with van der Waals surface area (Å²) in [6.07, 6.45) is 1.48. The van der Waals surface area contributed by atoms with Crippen LogP contribution in [0.1, 0.15) is 21.5 Å². The summed E-state index contributed by atoms with van der Waals surface area (Å²) >= 11 is 15.4. The maximum absolute atomic E-state index is 12.5. The van der Waals surface area contributed by atoms with Crippen LogP contribution in [-0.2, 0) is 6.61 Å². The first-order chi connectivity index (χ1) is 14.5. The molecule has 0 aliphatic rings. The molecule has 0 spiro atoms. The van der Waals surface area contributed by atoms with Crippen LogP contribution in [-0.4, -0.2) is 19.2 Å². The van der Waals surface area contributed by atoms with E-state index in [2.05, 4.69) is 26.5 Å². The minimum Gasteiger partial charge on any atom is -0.496 e. The topological polar surface area (TPSA) is 59.9 Å². The highest BCUT2D eigenvalue weighted by Crippen LogP contribution is 2.24. The van der Waals surface area contributed by atoms with E-state index in [9.17, 15) is 4.79 Å². The monoisotopic (exact) mass is 506 g/mol. The van der Waals surface area contributed by atoms with Gasteiger partial charge in [-0.1, -0.05) is 51.3 Å². The third kappa shape index (κ3) is 5.98. The van der Waals surface area contributed by atoms with E-state index in [-0.39, 0.29) is 0 Å². The Kier molecular flexibility index (Phi) is 7.74. The molecule has 30 heavy (non-hydrogen) atoms. The normalized spacial score (nSPS) is 10.8. The molecule has 154 valence electrons. The quantitative estimate of drug-likeness (QED) is 0.310. The molecular weight excluding hydrogens is 491 g/mol. The summed E-state index contributed by atoms with van der Waals surface area (Å²) in [6, 6.07) is 17.7. The van der Waals surface area contributed by atoms with Gasteiger partial charge in [-0.25, -0.2) is 5.43 Å². The third-order valence-corrected chi connectivity index (χ3v) is 5.04. The number of carbonyl (C=O) groups is 1. The number of hydrazone groups is 1. The number of methoxy groups -OCH3 is 1. The fourth-order valence-corrected chi connectivity index (χ4v) is 3.24. The average molecular weight is 508 g/mol. The van der Waals surface area contributed by atoms with Crippen molar-refractivity contribution in [1.29, 1.82) is 0 Å². The molecule has 0 radical (unpaired) electrons. The molecule has 0 unspecified atom stereocenters. The van der Waals surface area contributed by atoms with Gasteiger partial charge >= 0.3 is 0 Å². The van der Waals surface area contributed by atoms with E-state index in [0.717, 1.165) is 10.0 Å². The second-order valence-corrected chi connectivity index (χ2v) is 7.93. The molecule has 0 saturated carbocycles. The molecule has 0 aliphatic carbocycles. The van der Waals surface area contributed by atoms with E-state index in [4.69, 9.17) is 32.7 Å². The minimum absolute atomic E-state index is 0.348. The van der Waals surface area contributed by atoms with Crippen molar-refractivity contribution >= 4 is 51.3 Å². The smallest absolute Gasteiger partial charge is 0.275 e. The number of nitrogens with zero attached hydrogens (tertiary/aromatic N) is 1. The lowest BCUT2D eigenvalue weighted by atomic mass is 10.2. The zero-order chi connectivity index (χ0) is 21.5. The Morgan fingerprint density at radius 3 is 2.47 bits per heavy atom. The Labute approximate surface area is 192 Å². The van der Waals surface area contributed by atoms with Gasteiger partial charge in [-0.05, 0) is 54.1 Å². The van der Waals surface area contributed by atoms with E-state index in [0.29, 0.717) is 39.3 Å². The summed E-state index contributed by atoms with van der Waals surface area (Å²) in [5, 5.41) is 5.23. The van der Waals surface area contributed by atoms with Gasteiger partial charge in [0, 0.05) is 20.1 Å². The number of rotatable bonds is 7. The number of carbonyl (C=O) groups excluding carboxylic acids is 1. The Hall–Kier alpha value is -2.54. The van der Waals surface area contributed by atoms with Crippen LogP contribution >= 0.6 is 39.1 Å². The Morgan fingerprint density at radius 1 is 1.03 bits per heavy atom. The van der Waals surface area contributed by atoms with Gasteiger partial charge < -0.3 is 9.47 Å². The summed E-state index contributed by atoms with van der Waals surface area (Å²) in [5.74, 6) is 0.614. The average Bonchev–Trinajstić information content (AvgIpc) is 2.74. The van der Waals surface area contributed by atoms with Crippen LogP contribution in [0.4, 0.5) is 0 Å². The van der Waals surface area contributed by atoms with Crippen LogP contribution in [0.5, 0.6) is 11.5 Å². The molecule has 3 aromatic rings. The van der Waals surface area contributed by atoms with E-state index in [1.807, 2.05) is 12.1 Å². The predicted molar refractivity (Wildman–Crippen MR) is 123 cm³/mol. The van der Waals surface area contributed by atoms with Crippen LogP contribution in [0.25, 0.3) is 0 Å². The molecule has 3 aromatic carbocycles. The summed E-state index contributed by atoms with van der Waals surface area (Å²) in [5.41, 5.74) is 4.44. The molecule has 0 aromatic heterocycles. The summed E-state index contributed by atoms with van der Waals surface area (Å²) in [4.78, 5) is 12.5. The van der Waals surface area contributed by atoms with Crippen molar-refractivity contribution in [3.63, 3.8) is 0 Å². The number of amides is 1. The molecule has 0 heterocycles. The van der Waals surface area contributed by atoms with Crippen LogP contribution in [0.15, 0.2) is 70.2 Å². The fraction of sp³-hybridized carbons (Fsp3) is 0.0909. The molecule has 8 heteroatoms. The van der Waals surface area contributed by atoms with Gasteiger partial charge in [-0.15, -0.1) is 0 Å². The SMILES string of the molecule is COc1ccc(Br)cc1C(=O)N/N=C\c1cc(Cl)ccc1OCc1ccc(Cl)cc1. The van der Waals surface area contributed by atoms with Gasteiger partial charge in [0.15, 0.2) is 0 Å². The Balaban J connectivity index is 1.72. The van der Waals surface area contributed by atoms with Gasteiger partial charge in [0.25, 0.3) is 5.91 Å². The second-order valence-electron chi connectivity index (χ2n) is 6.14. The van der Waals surface area contributed by atoms with Crippen LogP contribution < -0.4 is 14.9 Å². The molecule has 0 fully saturated rings. The number of hydrogen-bond donors (Lipinski definition) is 1. The van der Waals surface area contributed by atoms with E-state index >= 15 is 0 Å². The lowest BCUT2D eigenvalue weighted by molar-refractivity contribution is 0.0952. The minimum atomic E-state index is -0.407. The lowest BCUT2D eigenvalue weighted by Gasteiger charge is -2.10. The number of nitrogens with one attached hydrogen (secondary N) is 1. The number of ether oxygens (including phenoxy) is 2. The van der Waals surface area contributed by atoms with Gasteiger partial charge in [0.2, 0.25) is 0 Å². The van der Waals surface area contributed by atoms with Crippen molar-refractivity contribution in [2.45, 2.75) is 6.61 Å². The maximum atomic E-state index is 12.5. The molecule has 0 aliphatic heterocycles. The van der Waals surface area contributed by atoms with Crippen molar-refractivity contribution in [3.05, 3.63) is 91.9 Å². The van der Waals surface area contributed by atoms with Crippen molar-refractivity contribution in [2.75, 3.05) is 7.11 Å². The van der Waals surface area contributed by atoms with Crippen molar-refractivity contribution in [1.82, 2.24) is 5.43 Å². The standard InChI is InChI=1S/C22H17BrCl2N2O3/c1-29-21-8-4-16(23)11-19(21)22(28)27-26-12-15-10-18(25)7-9-20(15)30-13-14-2-5-17(24)6-3-14/h2-12H,13H2,1H3,(H,27,28)/b26-12-. The lowest BCUT2D eigenvalue weighted by Crippen LogP contribution is -2.18. The highest BCUT2D eigenvalue weighted by atomic mass is 79.9. The molecule has 3 rings (SSSR count). The Morgan fingerprint density at radius 2 is 1.73 bits per heavy atom. The highest BCUT2D eigenvalue weighted by molar-refractivity contribution is 9.10. The van der Waals surface area contributed by atoms with Crippen molar-refractivity contribution in [3.8, 4) is 11.5 Å². The fourth-order valence-electron chi connectivity index (χ4n) is 2.57. The molecule has 0 atom stereocenters. The van der Waals surface area contributed by atoms with Gasteiger partial charge in [0.05, 0.1) is 18.9 Å². The highest BCUT2D eigenvalue weighted by Gasteiger charge is 2.12. The first-order valence-electron chi connectivity index (χ1n) is 8.80. The second kappa shape index (κ2) is 10.5. The van der Waals surface area contributed by atoms with Crippen LogP contribution in [0.3, 0.4) is 0 Å². The summed E-state index contributed by atoms with van der Waals surface area (Å²) < 4.78 is 11.9. The summed E-state index contributed by atoms with van der Waals surface area (Å²) in [7, 11) is 1.50. The van der Waals surface area contributed by atoms with Crippen LogP contribution in [0.2, 0.25) is 10.0 Å². The molecule has 0 bridgehead atoms. The number of hydrogen-bond acceptors (Lipinski definition) is 4. The van der Waals surface area contributed by atoms with E-state index in [1.165, 1.54) is 13.3 Å². The summed E-state index contributed by atoms with van der Waals surface area (Å²) in [6.45, 7) is 0.348. The number of halogens is 3. The van der Waals surface area contributed by atoms with Gasteiger partial charge in [-0.2, -0.15) is 5.10 Å². The van der Waals surface area contributed by atoms with Gasteiger partial charge in [0.1, 0.15) is 18.1 Å². The first-order valence-corrected chi connectivity index (χ1v) is 10.3. The molecule has 1 amide bonds. The molecule has 0 saturated heterocycles. The Bertz CT molecular complexity index is 1070. The van der Waals surface area contributed by atoms with E-state index < -0.39 is 5.91 Å².